The van der Waals surface area contributed by atoms with Gasteiger partial charge in [0.25, 0.3) is 0 Å². The van der Waals surface area contributed by atoms with Crippen LogP contribution in [-0.2, 0) is 5.41 Å². The molecule has 0 bridgehead atoms. The fraction of sp³-hybridized carbons (Fsp3) is 0.0145. The normalized spacial score (nSPS) is 13.0. The van der Waals surface area contributed by atoms with Crippen LogP contribution in [0, 0.1) is 0 Å². The quantitative estimate of drug-likeness (QED) is 0.156. The van der Waals surface area contributed by atoms with Crippen molar-refractivity contribution in [3.63, 3.8) is 0 Å². The van der Waals surface area contributed by atoms with Gasteiger partial charge in [0, 0.05) is 16.9 Å². The standard InChI is InChI=1S/C69H43N/c1-2-18-47-40-48(33-32-44(47)16-1)61-42-63-60-27-11-14-31-66(60)69(64-29-12-9-25-58(64)59-26-10-13-30-65(59)69)67(63)43-68(61)70(49-36-34-46(35-37-49)52-28-15-19-45-17-3-4-20-51(45)52)50-38-39-57-55-23-6-5-21-53(55)54-22-7-8-24-56(54)62(57)41-50/h1-43H. The van der Waals surface area contributed by atoms with E-state index in [1.54, 1.807) is 0 Å². The first-order valence-corrected chi connectivity index (χ1v) is 24.4. The average molecular weight is 886 g/mol. The monoisotopic (exact) mass is 885 g/mol. The highest BCUT2D eigenvalue weighted by molar-refractivity contribution is 6.26. The fourth-order valence-corrected chi connectivity index (χ4v) is 12.6. The van der Waals surface area contributed by atoms with E-state index in [2.05, 4.69) is 266 Å². The molecule has 2 aliphatic carbocycles. The Morgan fingerprint density at radius 3 is 1.36 bits per heavy atom. The number of benzene rings is 13. The summed E-state index contributed by atoms with van der Waals surface area (Å²) in [6, 6.07) is 97.8. The summed E-state index contributed by atoms with van der Waals surface area (Å²) in [5, 5.41) is 12.5. The number of anilines is 3. The van der Waals surface area contributed by atoms with Gasteiger partial charge in [-0.2, -0.15) is 0 Å². The maximum absolute atomic E-state index is 2.57. The first kappa shape index (κ1) is 39.0. The predicted octanol–water partition coefficient (Wildman–Crippen LogP) is 18.6. The minimum atomic E-state index is -0.516. The Hall–Kier alpha value is -9.04. The lowest BCUT2D eigenvalue weighted by Gasteiger charge is -2.33. The van der Waals surface area contributed by atoms with E-state index in [4.69, 9.17) is 0 Å². The first-order valence-electron chi connectivity index (χ1n) is 24.4. The lowest BCUT2D eigenvalue weighted by Crippen LogP contribution is -2.26. The third-order valence-electron chi connectivity index (χ3n) is 15.6. The van der Waals surface area contributed by atoms with Crippen LogP contribution in [0.1, 0.15) is 22.3 Å². The van der Waals surface area contributed by atoms with Gasteiger partial charge in [0.1, 0.15) is 0 Å². The summed E-state index contributed by atoms with van der Waals surface area (Å²) in [4.78, 5) is 2.55. The van der Waals surface area contributed by atoms with Crippen molar-refractivity contribution in [2.75, 3.05) is 4.90 Å². The van der Waals surface area contributed by atoms with Crippen LogP contribution in [-0.4, -0.2) is 0 Å². The number of fused-ring (bicyclic) bond motifs is 18. The Bertz CT molecular complexity index is 4220. The maximum Gasteiger partial charge on any atom is 0.0726 e. The highest BCUT2D eigenvalue weighted by atomic mass is 15.1. The lowest BCUT2D eigenvalue weighted by molar-refractivity contribution is 0.794. The summed E-state index contributed by atoms with van der Waals surface area (Å²) in [7, 11) is 0. The third kappa shape index (κ3) is 5.49. The van der Waals surface area contributed by atoms with Gasteiger partial charge in [0.05, 0.1) is 11.1 Å². The van der Waals surface area contributed by atoms with Gasteiger partial charge in [-0.1, -0.05) is 218 Å². The number of nitrogens with zero attached hydrogens (tertiary/aromatic N) is 1. The van der Waals surface area contributed by atoms with Gasteiger partial charge in [-0.15, -0.1) is 0 Å². The van der Waals surface area contributed by atoms with Crippen LogP contribution in [0.4, 0.5) is 17.1 Å². The molecular weight excluding hydrogens is 843 g/mol. The zero-order chi connectivity index (χ0) is 45.9. The molecule has 0 fully saturated rings. The highest BCUT2D eigenvalue weighted by Crippen LogP contribution is 2.64. The molecule has 15 rings (SSSR count). The van der Waals surface area contributed by atoms with E-state index < -0.39 is 5.41 Å². The van der Waals surface area contributed by atoms with Gasteiger partial charge in [-0.3, -0.25) is 0 Å². The van der Waals surface area contributed by atoms with Crippen LogP contribution < -0.4 is 4.90 Å². The van der Waals surface area contributed by atoms with Crippen LogP contribution in [0.2, 0.25) is 0 Å². The van der Waals surface area contributed by atoms with Gasteiger partial charge >= 0.3 is 0 Å². The second kappa shape index (κ2) is 15.0. The lowest BCUT2D eigenvalue weighted by atomic mass is 9.70. The summed E-state index contributed by atoms with van der Waals surface area (Å²) in [5.74, 6) is 0. The van der Waals surface area contributed by atoms with E-state index in [9.17, 15) is 0 Å². The van der Waals surface area contributed by atoms with Gasteiger partial charge in [0.15, 0.2) is 0 Å². The molecule has 0 radical (unpaired) electrons. The first-order chi connectivity index (χ1) is 34.7. The number of hydrogen-bond donors (Lipinski definition) is 0. The molecule has 0 amide bonds. The van der Waals surface area contributed by atoms with E-state index >= 15 is 0 Å². The Morgan fingerprint density at radius 1 is 0.229 bits per heavy atom. The minimum absolute atomic E-state index is 0.516. The zero-order valence-electron chi connectivity index (χ0n) is 38.3. The smallest absolute Gasteiger partial charge is 0.0726 e. The van der Waals surface area contributed by atoms with Gasteiger partial charge in [-0.25, -0.2) is 0 Å². The summed E-state index contributed by atoms with van der Waals surface area (Å²) in [6.45, 7) is 0. The van der Waals surface area contributed by atoms with Crippen molar-refractivity contribution in [2.24, 2.45) is 0 Å². The molecule has 0 aromatic heterocycles. The maximum atomic E-state index is 2.57. The zero-order valence-corrected chi connectivity index (χ0v) is 38.3. The van der Waals surface area contributed by atoms with Gasteiger partial charge < -0.3 is 4.90 Å². The van der Waals surface area contributed by atoms with Crippen molar-refractivity contribution in [2.45, 2.75) is 5.41 Å². The fourth-order valence-electron chi connectivity index (χ4n) is 12.6. The molecule has 0 heterocycles. The largest absolute Gasteiger partial charge is 0.310 e. The van der Waals surface area contributed by atoms with Crippen molar-refractivity contribution < 1.29 is 0 Å². The molecule has 1 nitrogen and oxygen atoms in total. The molecule has 324 valence electrons. The third-order valence-corrected chi connectivity index (χ3v) is 15.6. The summed E-state index contributed by atoms with van der Waals surface area (Å²) < 4.78 is 0. The Morgan fingerprint density at radius 2 is 0.700 bits per heavy atom. The van der Waals surface area contributed by atoms with Crippen LogP contribution in [0.15, 0.2) is 261 Å². The average Bonchev–Trinajstić information content (AvgIpc) is 3.90. The van der Waals surface area contributed by atoms with Gasteiger partial charge in [-0.05, 0) is 158 Å². The molecule has 0 aliphatic heterocycles. The Labute approximate surface area is 406 Å². The molecule has 0 saturated heterocycles. The molecule has 1 heteroatoms. The molecule has 0 unspecified atom stereocenters. The molecule has 13 aromatic carbocycles. The molecule has 70 heavy (non-hydrogen) atoms. The second-order valence-corrected chi connectivity index (χ2v) is 19.1. The summed E-state index contributed by atoms with van der Waals surface area (Å²) >= 11 is 0. The topological polar surface area (TPSA) is 3.24 Å². The van der Waals surface area contributed by atoms with E-state index in [1.807, 2.05) is 0 Å². The molecule has 1 spiro atoms. The summed E-state index contributed by atoms with van der Waals surface area (Å²) in [6.07, 6.45) is 0. The van der Waals surface area contributed by atoms with Crippen LogP contribution in [0.5, 0.6) is 0 Å². The molecule has 0 atom stereocenters. The van der Waals surface area contributed by atoms with E-state index in [1.165, 1.54) is 121 Å². The SMILES string of the molecule is c1ccc2c(c1)-c1ccccc1C21c2ccccc2-c2cc(-c3ccc4ccccc4c3)c(N(c3ccc(-c4cccc5ccccc45)cc3)c3ccc4c5ccccc5c5ccccc5c4c3)cc21. The minimum Gasteiger partial charge on any atom is -0.310 e. The molecule has 0 saturated carbocycles. The Balaban J connectivity index is 1.06. The van der Waals surface area contributed by atoms with Gasteiger partial charge in [0.2, 0.25) is 0 Å². The predicted molar refractivity (Wildman–Crippen MR) is 296 cm³/mol. The molecular formula is C69H43N. The van der Waals surface area contributed by atoms with Crippen molar-refractivity contribution in [1.29, 1.82) is 0 Å². The number of rotatable bonds is 5. The van der Waals surface area contributed by atoms with Crippen molar-refractivity contribution >= 4 is 70.9 Å². The van der Waals surface area contributed by atoms with E-state index in [0.29, 0.717) is 0 Å². The van der Waals surface area contributed by atoms with Crippen molar-refractivity contribution in [3.8, 4) is 44.5 Å². The van der Waals surface area contributed by atoms with Crippen LogP contribution >= 0.6 is 0 Å². The highest BCUT2D eigenvalue weighted by Gasteiger charge is 2.52. The summed E-state index contributed by atoms with van der Waals surface area (Å²) in [5.41, 5.74) is 18.0. The number of hydrogen-bond acceptors (Lipinski definition) is 1. The van der Waals surface area contributed by atoms with Crippen LogP contribution in [0.3, 0.4) is 0 Å². The van der Waals surface area contributed by atoms with E-state index in [-0.39, 0.29) is 0 Å². The molecule has 0 N–H and O–H groups in total. The molecule has 13 aromatic rings. The second-order valence-electron chi connectivity index (χ2n) is 19.1. The van der Waals surface area contributed by atoms with Crippen molar-refractivity contribution in [1.82, 2.24) is 0 Å². The Kier molecular flexibility index (Phi) is 8.35. The van der Waals surface area contributed by atoms with Crippen molar-refractivity contribution in [3.05, 3.63) is 283 Å². The molecule has 2 aliphatic rings. The van der Waals surface area contributed by atoms with Crippen LogP contribution in [0.25, 0.3) is 98.4 Å². The van der Waals surface area contributed by atoms with E-state index in [0.717, 1.165) is 17.1 Å².